The third-order valence-electron chi connectivity index (χ3n) is 3.44. The van der Waals surface area contributed by atoms with Crippen molar-refractivity contribution >= 4 is 22.3 Å². The summed E-state index contributed by atoms with van der Waals surface area (Å²) in [7, 11) is 0. The first-order valence-electron chi connectivity index (χ1n) is 7.12. The Balaban J connectivity index is 2.14. The maximum absolute atomic E-state index is 5.96. The van der Waals surface area contributed by atoms with Gasteiger partial charge in [-0.2, -0.15) is 0 Å². The summed E-state index contributed by atoms with van der Waals surface area (Å²) in [6.07, 6.45) is 6.85. The summed E-state index contributed by atoms with van der Waals surface area (Å²) < 4.78 is 0. The van der Waals surface area contributed by atoms with Gasteiger partial charge in [0.2, 0.25) is 0 Å². The van der Waals surface area contributed by atoms with Crippen LogP contribution < -0.4 is 11.1 Å². The first kappa shape index (κ1) is 13.7. The molecule has 0 amide bonds. The van der Waals surface area contributed by atoms with Gasteiger partial charge < -0.3 is 11.1 Å². The van der Waals surface area contributed by atoms with Gasteiger partial charge in [-0.05, 0) is 25.5 Å². The Kier molecular flexibility index (Phi) is 4.61. The normalized spacial score (nSPS) is 12.5. The van der Waals surface area contributed by atoms with Crippen molar-refractivity contribution in [2.24, 2.45) is 0 Å². The van der Waals surface area contributed by atoms with Crippen molar-refractivity contribution in [3.63, 3.8) is 0 Å². The van der Waals surface area contributed by atoms with Crippen molar-refractivity contribution in [2.75, 3.05) is 11.1 Å². The van der Waals surface area contributed by atoms with Crippen LogP contribution in [0.4, 0.5) is 11.4 Å². The van der Waals surface area contributed by atoms with E-state index in [1.807, 2.05) is 24.4 Å². The fraction of sp³-hybridized carbons (Fsp3) is 0.438. The zero-order valence-corrected chi connectivity index (χ0v) is 11.8. The van der Waals surface area contributed by atoms with Crippen LogP contribution in [0.5, 0.6) is 0 Å². The summed E-state index contributed by atoms with van der Waals surface area (Å²) in [5.41, 5.74) is 8.71. The van der Waals surface area contributed by atoms with Crippen molar-refractivity contribution in [1.29, 1.82) is 0 Å². The SMILES string of the molecule is CCCCCC(C)Nc1ccnc2c(N)cccc12. The molecule has 0 bridgehead atoms. The van der Waals surface area contributed by atoms with Crippen LogP contribution in [-0.2, 0) is 0 Å². The van der Waals surface area contributed by atoms with Crippen LogP contribution in [0.15, 0.2) is 30.5 Å². The van der Waals surface area contributed by atoms with Gasteiger partial charge in [-0.1, -0.05) is 38.3 Å². The monoisotopic (exact) mass is 257 g/mol. The summed E-state index contributed by atoms with van der Waals surface area (Å²) in [6.45, 7) is 4.46. The third-order valence-corrected chi connectivity index (χ3v) is 3.44. The summed E-state index contributed by atoms with van der Waals surface area (Å²) >= 11 is 0. The van der Waals surface area contributed by atoms with E-state index in [4.69, 9.17) is 5.73 Å². The van der Waals surface area contributed by atoms with Crippen molar-refractivity contribution in [1.82, 2.24) is 4.98 Å². The van der Waals surface area contributed by atoms with Gasteiger partial charge >= 0.3 is 0 Å². The summed E-state index contributed by atoms with van der Waals surface area (Å²) in [6, 6.07) is 8.44. The number of benzene rings is 1. The molecule has 1 atom stereocenters. The van der Waals surface area contributed by atoms with E-state index in [0.29, 0.717) is 6.04 Å². The second-order valence-corrected chi connectivity index (χ2v) is 5.14. The Hall–Kier alpha value is -1.77. The number of aromatic nitrogens is 1. The third kappa shape index (κ3) is 3.37. The molecule has 0 spiro atoms. The van der Waals surface area contributed by atoms with Gasteiger partial charge in [-0.3, -0.25) is 4.98 Å². The number of nitrogens with zero attached hydrogens (tertiary/aromatic N) is 1. The van der Waals surface area contributed by atoms with E-state index in [-0.39, 0.29) is 0 Å². The summed E-state index contributed by atoms with van der Waals surface area (Å²) in [5.74, 6) is 0. The number of fused-ring (bicyclic) bond motifs is 1. The van der Waals surface area contributed by atoms with Crippen molar-refractivity contribution in [2.45, 2.75) is 45.6 Å². The quantitative estimate of drug-likeness (QED) is 0.602. The largest absolute Gasteiger partial charge is 0.397 e. The number of hydrogen-bond acceptors (Lipinski definition) is 3. The Bertz CT molecular complexity index is 537. The molecule has 1 unspecified atom stereocenters. The molecule has 2 rings (SSSR count). The fourth-order valence-corrected chi connectivity index (χ4v) is 2.36. The molecule has 0 radical (unpaired) electrons. The van der Waals surface area contributed by atoms with Crippen LogP contribution in [-0.4, -0.2) is 11.0 Å². The molecule has 0 aliphatic carbocycles. The lowest BCUT2D eigenvalue weighted by atomic mass is 10.1. The molecule has 2 aromatic rings. The zero-order valence-electron chi connectivity index (χ0n) is 11.8. The van der Waals surface area contributed by atoms with Gasteiger partial charge in [-0.15, -0.1) is 0 Å². The number of unbranched alkanes of at least 4 members (excludes halogenated alkanes) is 2. The number of hydrogen-bond donors (Lipinski definition) is 2. The van der Waals surface area contributed by atoms with E-state index in [2.05, 4.69) is 30.2 Å². The van der Waals surface area contributed by atoms with Gasteiger partial charge in [-0.25, -0.2) is 0 Å². The molecule has 3 nitrogen and oxygen atoms in total. The van der Waals surface area contributed by atoms with E-state index in [9.17, 15) is 0 Å². The fourth-order valence-electron chi connectivity index (χ4n) is 2.36. The first-order chi connectivity index (χ1) is 9.22. The molecular weight excluding hydrogens is 234 g/mol. The summed E-state index contributed by atoms with van der Waals surface area (Å²) in [5, 5.41) is 4.68. The smallest absolute Gasteiger partial charge is 0.0951 e. The number of anilines is 2. The van der Waals surface area contributed by atoms with Crippen LogP contribution in [0, 0.1) is 0 Å². The molecule has 0 aliphatic heterocycles. The van der Waals surface area contributed by atoms with E-state index in [1.54, 1.807) is 0 Å². The molecule has 1 heterocycles. The van der Waals surface area contributed by atoms with Crippen molar-refractivity contribution in [3.8, 4) is 0 Å². The molecule has 0 saturated carbocycles. The van der Waals surface area contributed by atoms with E-state index < -0.39 is 0 Å². The molecular formula is C16H23N3. The highest BCUT2D eigenvalue weighted by atomic mass is 14.9. The van der Waals surface area contributed by atoms with Gasteiger partial charge in [0.05, 0.1) is 11.2 Å². The molecule has 1 aromatic heterocycles. The standard InChI is InChI=1S/C16H23N3/c1-3-4-5-7-12(2)19-15-10-11-18-16-13(15)8-6-9-14(16)17/h6,8-12H,3-5,7,17H2,1-2H3,(H,18,19). The molecule has 3 N–H and O–H groups in total. The second-order valence-electron chi connectivity index (χ2n) is 5.14. The Morgan fingerprint density at radius 3 is 2.89 bits per heavy atom. The minimum absolute atomic E-state index is 0.471. The zero-order chi connectivity index (χ0) is 13.7. The second kappa shape index (κ2) is 6.41. The minimum Gasteiger partial charge on any atom is -0.397 e. The van der Waals surface area contributed by atoms with E-state index in [0.717, 1.165) is 22.3 Å². The van der Waals surface area contributed by atoms with Gasteiger partial charge in [0, 0.05) is 23.3 Å². The molecule has 102 valence electrons. The van der Waals surface area contributed by atoms with E-state index in [1.165, 1.54) is 25.7 Å². The lowest BCUT2D eigenvalue weighted by Crippen LogP contribution is -2.15. The lowest BCUT2D eigenvalue weighted by Gasteiger charge is -2.17. The molecule has 0 saturated heterocycles. The molecule has 3 heteroatoms. The topological polar surface area (TPSA) is 50.9 Å². The average Bonchev–Trinajstić information content (AvgIpc) is 2.40. The predicted octanol–water partition coefficient (Wildman–Crippen LogP) is 4.20. The van der Waals surface area contributed by atoms with E-state index >= 15 is 0 Å². The minimum atomic E-state index is 0.471. The first-order valence-corrected chi connectivity index (χ1v) is 7.12. The maximum atomic E-state index is 5.96. The maximum Gasteiger partial charge on any atom is 0.0951 e. The van der Waals surface area contributed by atoms with Crippen LogP contribution >= 0.6 is 0 Å². The van der Waals surface area contributed by atoms with Crippen LogP contribution in [0.2, 0.25) is 0 Å². The highest BCUT2D eigenvalue weighted by molar-refractivity contribution is 5.97. The van der Waals surface area contributed by atoms with Crippen LogP contribution in [0.1, 0.15) is 39.5 Å². The van der Waals surface area contributed by atoms with Gasteiger partial charge in [0.1, 0.15) is 0 Å². The number of nitrogens with two attached hydrogens (primary N) is 1. The number of nitrogen functional groups attached to an aromatic ring is 1. The molecule has 0 aliphatic rings. The number of rotatable bonds is 6. The molecule has 1 aromatic carbocycles. The highest BCUT2D eigenvalue weighted by Crippen LogP contribution is 2.26. The van der Waals surface area contributed by atoms with Crippen LogP contribution in [0.25, 0.3) is 10.9 Å². The van der Waals surface area contributed by atoms with Crippen LogP contribution in [0.3, 0.4) is 0 Å². The predicted molar refractivity (Wildman–Crippen MR) is 83.4 cm³/mol. The Morgan fingerprint density at radius 2 is 2.11 bits per heavy atom. The van der Waals surface area contributed by atoms with Gasteiger partial charge in [0.25, 0.3) is 0 Å². The lowest BCUT2D eigenvalue weighted by molar-refractivity contribution is 0.615. The molecule has 19 heavy (non-hydrogen) atoms. The number of pyridine rings is 1. The Labute approximate surface area is 115 Å². The Morgan fingerprint density at radius 1 is 1.26 bits per heavy atom. The van der Waals surface area contributed by atoms with Crippen molar-refractivity contribution in [3.05, 3.63) is 30.5 Å². The summed E-state index contributed by atoms with van der Waals surface area (Å²) in [4.78, 5) is 4.36. The van der Waals surface area contributed by atoms with Crippen molar-refractivity contribution < 1.29 is 0 Å². The molecule has 0 fully saturated rings. The number of nitrogens with one attached hydrogen (secondary N) is 1. The van der Waals surface area contributed by atoms with Gasteiger partial charge in [0.15, 0.2) is 0 Å². The highest BCUT2D eigenvalue weighted by Gasteiger charge is 2.07. The number of para-hydroxylation sites is 1. The average molecular weight is 257 g/mol.